The summed E-state index contributed by atoms with van der Waals surface area (Å²) in [6, 6.07) is 3.70. The van der Waals surface area contributed by atoms with E-state index in [9.17, 15) is 17.9 Å². The molecule has 0 spiro atoms. The average molecular weight is 440 g/mol. The number of amides is 1. The third-order valence-corrected chi connectivity index (χ3v) is 6.71. The molecule has 30 heavy (non-hydrogen) atoms. The molecule has 1 aromatic rings. The van der Waals surface area contributed by atoms with Gasteiger partial charge < -0.3 is 5.32 Å². The Bertz CT molecular complexity index is 676. The quantitative estimate of drug-likeness (QED) is 0.273. The summed E-state index contributed by atoms with van der Waals surface area (Å²) >= 11 is -2.08. The molecule has 1 aromatic heterocycles. The number of rotatable bonds is 13. The van der Waals surface area contributed by atoms with Gasteiger partial charge in [0.15, 0.2) is 0 Å². The van der Waals surface area contributed by atoms with Crippen LogP contribution in [-0.2, 0) is 16.1 Å². The highest BCUT2D eigenvalue weighted by Crippen LogP contribution is 2.37. The van der Waals surface area contributed by atoms with Gasteiger partial charge in [-0.2, -0.15) is 4.31 Å². The maximum atomic E-state index is 13.1. The first-order valence-corrected chi connectivity index (χ1v) is 11.9. The molecule has 1 aliphatic rings. The first-order valence-electron chi connectivity index (χ1n) is 10.9. The van der Waals surface area contributed by atoms with Crippen LogP contribution in [0.3, 0.4) is 0 Å². The van der Waals surface area contributed by atoms with Crippen LogP contribution in [0.25, 0.3) is 6.08 Å². The smallest absolute Gasteiger partial charge is 0.243 e. The van der Waals surface area contributed by atoms with Crippen LogP contribution in [0, 0.1) is 0 Å². The van der Waals surface area contributed by atoms with Crippen LogP contribution in [0.5, 0.6) is 0 Å². The zero-order valence-electron chi connectivity index (χ0n) is 17.6. The number of nitrogens with one attached hydrogen (secondary N) is 1. The van der Waals surface area contributed by atoms with Gasteiger partial charge in [0.05, 0.1) is 6.67 Å². The highest BCUT2D eigenvalue weighted by molar-refractivity contribution is 7.76. The minimum atomic E-state index is -2.08. The number of halogens is 1. The lowest BCUT2D eigenvalue weighted by Gasteiger charge is -2.44. The van der Waals surface area contributed by atoms with Gasteiger partial charge in [0.1, 0.15) is 0 Å². The van der Waals surface area contributed by atoms with Crippen LogP contribution in [-0.4, -0.2) is 49.3 Å². The van der Waals surface area contributed by atoms with Crippen LogP contribution in [0.1, 0.15) is 69.8 Å². The van der Waals surface area contributed by atoms with Crippen molar-refractivity contribution in [2.75, 3.05) is 19.8 Å². The van der Waals surface area contributed by atoms with Gasteiger partial charge in [0.25, 0.3) is 0 Å². The van der Waals surface area contributed by atoms with Crippen molar-refractivity contribution in [1.29, 1.82) is 0 Å². The van der Waals surface area contributed by atoms with Gasteiger partial charge in [-0.3, -0.25) is 18.7 Å². The van der Waals surface area contributed by atoms with E-state index in [1.165, 1.54) is 6.08 Å². The Hall–Kier alpha value is -1.64. The van der Waals surface area contributed by atoms with Crippen LogP contribution >= 0.6 is 0 Å². The standard InChI is InChI=1S/C22H34FN3O3S/c23-15-14-22(12-4-3-5-13-22)26(30(28)29)18-7-2-1-6-17-25-21(27)11-10-20-9-8-16-24-19-20/h8-11,16,19H,1-7,12-15,17-18H2,(H,25,27)(H,28,29)/b11-10+. The molecule has 0 radical (unpaired) electrons. The lowest BCUT2D eigenvalue weighted by molar-refractivity contribution is -0.116. The monoisotopic (exact) mass is 439 g/mol. The Morgan fingerprint density at radius 3 is 2.70 bits per heavy atom. The first kappa shape index (κ1) is 24.6. The minimum absolute atomic E-state index is 0.133. The summed E-state index contributed by atoms with van der Waals surface area (Å²) in [6.07, 6.45) is 15.1. The van der Waals surface area contributed by atoms with Crippen molar-refractivity contribution < 1.29 is 17.9 Å². The Morgan fingerprint density at radius 2 is 2.03 bits per heavy atom. The molecule has 2 rings (SSSR count). The first-order chi connectivity index (χ1) is 14.6. The predicted molar refractivity (Wildman–Crippen MR) is 119 cm³/mol. The van der Waals surface area contributed by atoms with Gasteiger partial charge in [-0.1, -0.05) is 38.2 Å². The number of unbranched alkanes of at least 4 members (excludes halogenated alkanes) is 3. The van der Waals surface area contributed by atoms with Gasteiger partial charge >= 0.3 is 0 Å². The maximum absolute atomic E-state index is 13.1. The van der Waals surface area contributed by atoms with Gasteiger partial charge in [0.2, 0.25) is 17.2 Å². The van der Waals surface area contributed by atoms with Crippen molar-refractivity contribution in [1.82, 2.24) is 14.6 Å². The molecule has 0 saturated heterocycles. The summed E-state index contributed by atoms with van der Waals surface area (Å²) in [5, 5.41) is 2.86. The van der Waals surface area contributed by atoms with Crippen molar-refractivity contribution in [2.24, 2.45) is 0 Å². The summed E-state index contributed by atoms with van der Waals surface area (Å²) in [5.74, 6) is -0.133. The van der Waals surface area contributed by atoms with E-state index in [1.807, 2.05) is 12.1 Å². The Balaban J connectivity index is 1.65. The summed E-state index contributed by atoms with van der Waals surface area (Å²) in [4.78, 5) is 15.8. The number of pyridine rings is 1. The topological polar surface area (TPSA) is 82.5 Å². The molecular formula is C22H34FN3O3S. The molecule has 0 aromatic carbocycles. The van der Waals surface area contributed by atoms with E-state index >= 15 is 0 Å². The molecule has 1 atom stereocenters. The fourth-order valence-corrected chi connectivity index (χ4v) is 5.03. The van der Waals surface area contributed by atoms with Gasteiger partial charge in [-0.05, 0) is 49.8 Å². The van der Waals surface area contributed by atoms with Crippen molar-refractivity contribution in [3.05, 3.63) is 36.2 Å². The van der Waals surface area contributed by atoms with Crippen molar-refractivity contribution in [3.63, 3.8) is 0 Å². The second kappa shape index (κ2) is 13.6. The number of hydrogen-bond donors (Lipinski definition) is 2. The van der Waals surface area contributed by atoms with Crippen molar-refractivity contribution in [3.8, 4) is 0 Å². The lowest BCUT2D eigenvalue weighted by Crippen LogP contribution is -2.51. The van der Waals surface area contributed by atoms with E-state index in [2.05, 4.69) is 10.3 Å². The van der Waals surface area contributed by atoms with E-state index in [4.69, 9.17) is 0 Å². The summed E-state index contributed by atoms with van der Waals surface area (Å²) in [6.45, 7) is 0.642. The number of carbonyl (C=O) groups excluding carboxylic acids is 1. The highest BCUT2D eigenvalue weighted by atomic mass is 32.2. The number of aromatic nitrogens is 1. The summed E-state index contributed by atoms with van der Waals surface area (Å²) in [7, 11) is 0. The van der Waals surface area contributed by atoms with Gasteiger partial charge in [0, 0.05) is 37.1 Å². The maximum Gasteiger partial charge on any atom is 0.243 e. The SMILES string of the molecule is O=C(/C=C/c1cccnc1)NCCCCCCN(S(=O)O)C1(CCF)CCCCC1. The molecule has 2 N–H and O–H groups in total. The molecule has 0 aliphatic heterocycles. The molecule has 1 amide bonds. The molecule has 8 heteroatoms. The third-order valence-electron chi connectivity index (χ3n) is 5.76. The summed E-state index contributed by atoms with van der Waals surface area (Å²) < 4.78 is 36.5. The zero-order chi connectivity index (χ0) is 21.7. The van der Waals surface area contributed by atoms with E-state index in [0.29, 0.717) is 19.5 Å². The number of carbonyl (C=O) groups is 1. The fraction of sp³-hybridized carbons (Fsp3) is 0.636. The predicted octanol–water partition coefficient (Wildman–Crippen LogP) is 4.27. The second-order valence-electron chi connectivity index (χ2n) is 7.88. The molecule has 1 aliphatic carbocycles. The molecular weight excluding hydrogens is 405 g/mol. The van der Waals surface area contributed by atoms with E-state index in [-0.39, 0.29) is 5.91 Å². The zero-order valence-corrected chi connectivity index (χ0v) is 18.4. The molecule has 1 fully saturated rings. The van der Waals surface area contributed by atoms with Gasteiger partial charge in [-0.15, -0.1) is 0 Å². The van der Waals surface area contributed by atoms with Crippen LogP contribution in [0.2, 0.25) is 0 Å². The molecule has 1 heterocycles. The van der Waals surface area contributed by atoms with Crippen molar-refractivity contribution in [2.45, 2.75) is 69.7 Å². The summed E-state index contributed by atoms with van der Waals surface area (Å²) in [5.41, 5.74) is 0.406. The number of alkyl halides is 1. The van der Waals surface area contributed by atoms with Crippen LogP contribution in [0.15, 0.2) is 30.6 Å². The number of hydrogen-bond acceptors (Lipinski definition) is 3. The molecule has 6 nitrogen and oxygen atoms in total. The normalized spacial score (nSPS) is 17.3. The van der Waals surface area contributed by atoms with E-state index < -0.39 is 23.5 Å². The van der Waals surface area contributed by atoms with Gasteiger partial charge in [-0.25, -0.2) is 4.21 Å². The Morgan fingerprint density at radius 1 is 1.27 bits per heavy atom. The second-order valence-corrected chi connectivity index (χ2v) is 8.78. The molecule has 0 bridgehead atoms. The largest absolute Gasteiger partial charge is 0.353 e. The Labute approximate surface area is 181 Å². The lowest BCUT2D eigenvalue weighted by atomic mass is 9.79. The van der Waals surface area contributed by atoms with E-state index in [0.717, 1.165) is 63.4 Å². The molecule has 168 valence electrons. The third kappa shape index (κ3) is 8.24. The minimum Gasteiger partial charge on any atom is -0.353 e. The number of nitrogens with zero attached hydrogens (tertiary/aromatic N) is 2. The fourth-order valence-electron chi connectivity index (χ4n) is 4.14. The highest BCUT2D eigenvalue weighted by Gasteiger charge is 2.40. The molecule has 1 saturated carbocycles. The van der Waals surface area contributed by atoms with Crippen LogP contribution in [0.4, 0.5) is 4.39 Å². The average Bonchev–Trinajstić information content (AvgIpc) is 2.75. The van der Waals surface area contributed by atoms with E-state index in [1.54, 1.807) is 22.8 Å². The van der Waals surface area contributed by atoms with Crippen LogP contribution < -0.4 is 5.32 Å². The molecule has 1 unspecified atom stereocenters. The Kier molecular flexibility index (Phi) is 11.2. The van der Waals surface area contributed by atoms with Crippen molar-refractivity contribution >= 4 is 23.2 Å².